The van der Waals surface area contributed by atoms with Crippen LogP contribution in [0.2, 0.25) is 0 Å². The summed E-state index contributed by atoms with van der Waals surface area (Å²) in [4.78, 5) is 0. The van der Waals surface area contributed by atoms with Gasteiger partial charge in [-0.25, -0.2) is 0 Å². The average Bonchev–Trinajstić information content (AvgIpc) is 2.34. The largest absolute Gasteiger partial charge is 0.350 e. The summed E-state index contributed by atoms with van der Waals surface area (Å²) in [6, 6.07) is 0. The average molecular weight is 151 g/mol. The van der Waals surface area contributed by atoms with Crippen molar-refractivity contribution in [3.8, 4) is 0 Å². The highest BCUT2D eigenvalue weighted by Crippen LogP contribution is 2.14. The van der Waals surface area contributed by atoms with Gasteiger partial charge in [-0.3, -0.25) is 0 Å². The Bertz CT molecular complexity index is 77.1. The molecule has 0 aromatic carbocycles. The summed E-state index contributed by atoms with van der Waals surface area (Å²) in [6.45, 7) is 2.68. The van der Waals surface area contributed by atoms with Crippen LogP contribution in [0.4, 0.5) is 0 Å². The molecule has 0 bridgehead atoms. The predicted octanol–water partition coefficient (Wildman–Crippen LogP) is 1.38. The van der Waals surface area contributed by atoms with E-state index in [-0.39, 0.29) is 12.4 Å². The van der Waals surface area contributed by atoms with Crippen LogP contribution < -0.4 is 0 Å². The Hall–Kier alpha value is 0.210. The molecule has 3 heteroatoms. The van der Waals surface area contributed by atoms with Crippen molar-refractivity contribution in [1.82, 2.24) is 0 Å². The van der Waals surface area contributed by atoms with Gasteiger partial charge >= 0.3 is 0 Å². The molecule has 2 nitrogen and oxygen atoms in total. The summed E-state index contributed by atoms with van der Waals surface area (Å²) in [7, 11) is 0. The molecule has 1 rings (SSSR count). The number of rotatable bonds is 2. The van der Waals surface area contributed by atoms with Crippen molar-refractivity contribution in [2.45, 2.75) is 25.7 Å². The fourth-order valence-corrected chi connectivity index (χ4v) is 0.965. The van der Waals surface area contributed by atoms with Crippen LogP contribution >= 0.6 is 11.6 Å². The molecule has 1 saturated heterocycles. The van der Waals surface area contributed by atoms with E-state index in [1.165, 1.54) is 0 Å². The van der Waals surface area contributed by atoms with Gasteiger partial charge in [-0.1, -0.05) is 6.92 Å². The van der Waals surface area contributed by atoms with Crippen LogP contribution in [0.25, 0.3) is 0 Å². The minimum Gasteiger partial charge on any atom is -0.350 e. The normalized spacial score (nSPS) is 35.3. The van der Waals surface area contributed by atoms with E-state index < -0.39 is 0 Å². The van der Waals surface area contributed by atoms with Crippen LogP contribution in [-0.2, 0) is 9.47 Å². The first kappa shape index (κ1) is 7.32. The van der Waals surface area contributed by atoms with Crippen molar-refractivity contribution >= 4 is 11.6 Å². The highest BCUT2D eigenvalue weighted by atomic mass is 35.5. The quantitative estimate of drug-likeness (QED) is 0.554. The molecule has 0 spiro atoms. The van der Waals surface area contributed by atoms with Gasteiger partial charge in [-0.15, -0.1) is 11.6 Å². The fraction of sp³-hybridized carbons (Fsp3) is 1.00. The molecule has 0 radical (unpaired) electrons. The molecule has 1 fully saturated rings. The summed E-state index contributed by atoms with van der Waals surface area (Å²) in [5.74, 6) is 0.538. The zero-order chi connectivity index (χ0) is 6.69. The fourth-order valence-electron chi connectivity index (χ4n) is 0.803. The Kier molecular flexibility index (Phi) is 2.76. The van der Waals surface area contributed by atoms with E-state index in [0.29, 0.717) is 12.5 Å². The van der Waals surface area contributed by atoms with E-state index in [4.69, 9.17) is 21.1 Å². The molecule has 1 heterocycles. The minimum absolute atomic E-state index is 0.00579. The highest BCUT2D eigenvalue weighted by molar-refractivity contribution is 6.18. The van der Waals surface area contributed by atoms with Crippen LogP contribution in [0.3, 0.4) is 0 Å². The standard InChI is InChI=1S/C6H11ClO2/c1-2-6-8-4-5(3-7)9-6/h5-6H,2-4H2,1H3/t5-,6+/m0/s1. The van der Waals surface area contributed by atoms with Crippen LogP contribution in [0, 0.1) is 0 Å². The zero-order valence-electron chi connectivity index (χ0n) is 5.47. The van der Waals surface area contributed by atoms with E-state index in [2.05, 4.69) is 0 Å². The van der Waals surface area contributed by atoms with Gasteiger partial charge in [0.15, 0.2) is 6.29 Å². The number of hydrogen-bond donors (Lipinski definition) is 0. The van der Waals surface area contributed by atoms with Gasteiger partial charge in [0.05, 0.1) is 18.6 Å². The first-order valence-electron chi connectivity index (χ1n) is 3.19. The molecular formula is C6H11ClO2. The summed E-state index contributed by atoms with van der Waals surface area (Å²) in [6.07, 6.45) is 1.03. The number of alkyl halides is 1. The Balaban J connectivity index is 2.20. The Morgan fingerprint density at radius 1 is 1.67 bits per heavy atom. The van der Waals surface area contributed by atoms with Crippen molar-refractivity contribution in [3.63, 3.8) is 0 Å². The lowest BCUT2D eigenvalue weighted by Crippen LogP contribution is -2.12. The van der Waals surface area contributed by atoms with Crippen molar-refractivity contribution in [2.75, 3.05) is 12.5 Å². The molecule has 0 unspecified atom stereocenters. The first-order chi connectivity index (χ1) is 4.36. The van der Waals surface area contributed by atoms with Crippen molar-refractivity contribution in [2.24, 2.45) is 0 Å². The van der Waals surface area contributed by atoms with Crippen LogP contribution in [0.1, 0.15) is 13.3 Å². The molecule has 9 heavy (non-hydrogen) atoms. The summed E-state index contributed by atoms with van der Waals surface area (Å²) in [5, 5.41) is 0. The third-order valence-electron chi connectivity index (χ3n) is 1.32. The van der Waals surface area contributed by atoms with Gasteiger partial charge in [0.25, 0.3) is 0 Å². The van der Waals surface area contributed by atoms with E-state index >= 15 is 0 Å². The molecule has 0 saturated carbocycles. The summed E-state index contributed by atoms with van der Waals surface area (Å²) in [5.41, 5.74) is 0. The number of ether oxygens (including phenoxy) is 2. The number of hydrogen-bond acceptors (Lipinski definition) is 2. The second-order valence-corrected chi connectivity index (χ2v) is 2.39. The van der Waals surface area contributed by atoms with Crippen LogP contribution in [0.5, 0.6) is 0 Å². The van der Waals surface area contributed by atoms with Crippen molar-refractivity contribution < 1.29 is 9.47 Å². The SMILES string of the molecule is CC[C@@H]1OC[C@H](CCl)O1. The molecule has 0 aromatic heterocycles. The monoisotopic (exact) mass is 150 g/mol. The maximum atomic E-state index is 5.53. The second kappa shape index (κ2) is 3.40. The van der Waals surface area contributed by atoms with Gasteiger partial charge in [0.1, 0.15) is 0 Å². The molecule has 1 aliphatic rings. The second-order valence-electron chi connectivity index (χ2n) is 2.08. The van der Waals surface area contributed by atoms with Crippen LogP contribution in [0.15, 0.2) is 0 Å². The van der Waals surface area contributed by atoms with Crippen molar-refractivity contribution in [3.05, 3.63) is 0 Å². The summed E-state index contributed by atoms with van der Waals surface area (Å²) >= 11 is 5.53. The third kappa shape index (κ3) is 1.81. The topological polar surface area (TPSA) is 18.5 Å². The first-order valence-corrected chi connectivity index (χ1v) is 3.73. The van der Waals surface area contributed by atoms with Gasteiger partial charge in [0, 0.05) is 0 Å². The molecule has 0 aliphatic carbocycles. The van der Waals surface area contributed by atoms with E-state index in [0.717, 1.165) is 6.42 Å². The Labute approximate surface area is 60.1 Å². The smallest absolute Gasteiger partial charge is 0.157 e. The van der Waals surface area contributed by atoms with Gasteiger partial charge in [-0.05, 0) is 6.42 Å². The number of halogens is 1. The Morgan fingerprint density at radius 2 is 2.44 bits per heavy atom. The molecule has 2 atom stereocenters. The maximum Gasteiger partial charge on any atom is 0.157 e. The predicted molar refractivity (Wildman–Crippen MR) is 35.6 cm³/mol. The van der Waals surface area contributed by atoms with Gasteiger partial charge < -0.3 is 9.47 Å². The van der Waals surface area contributed by atoms with Gasteiger partial charge in [-0.2, -0.15) is 0 Å². The molecule has 54 valence electrons. The molecule has 0 amide bonds. The third-order valence-corrected chi connectivity index (χ3v) is 1.66. The van der Waals surface area contributed by atoms with Crippen molar-refractivity contribution in [1.29, 1.82) is 0 Å². The van der Waals surface area contributed by atoms with E-state index in [9.17, 15) is 0 Å². The lowest BCUT2D eigenvalue weighted by Gasteiger charge is -2.05. The lowest BCUT2D eigenvalue weighted by atomic mass is 10.4. The zero-order valence-corrected chi connectivity index (χ0v) is 6.23. The highest BCUT2D eigenvalue weighted by Gasteiger charge is 2.22. The van der Waals surface area contributed by atoms with Gasteiger partial charge in [0.2, 0.25) is 0 Å². The molecule has 1 aliphatic heterocycles. The molecule has 0 N–H and O–H groups in total. The lowest BCUT2D eigenvalue weighted by molar-refractivity contribution is -0.0552. The minimum atomic E-state index is -0.00579. The summed E-state index contributed by atoms with van der Waals surface area (Å²) < 4.78 is 10.5. The molecular weight excluding hydrogens is 140 g/mol. The van der Waals surface area contributed by atoms with E-state index in [1.807, 2.05) is 6.92 Å². The van der Waals surface area contributed by atoms with Crippen LogP contribution in [-0.4, -0.2) is 24.9 Å². The van der Waals surface area contributed by atoms with E-state index in [1.54, 1.807) is 0 Å². The Morgan fingerprint density at radius 3 is 2.78 bits per heavy atom. The molecule has 0 aromatic rings. The maximum absolute atomic E-state index is 5.53.